The van der Waals surface area contributed by atoms with Crippen LogP contribution in [0.15, 0.2) is 89.6 Å². The summed E-state index contributed by atoms with van der Waals surface area (Å²) in [5.74, 6) is 0. The minimum atomic E-state index is -1.51. The van der Waals surface area contributed by atoms with Crippen molar-refractivity contribution in [2.45, 2.75) is 59.7 Å². The predicted molar refractivity (Wildman–Crippen MR) is 175 cm³/mol. The standard InChI is InChI=1S/C21H20NOSi.C16H18N.Ir/c1-14-9-10-19(22-13-14)18-12-15(24(2,3)4)11-17-16-7-5-6-8-20(16)23-21(17)18;1-12-5-10-15(17-11-12)13-6-8-14(9-7-13)16(2,3)4;/h5-11,13H,1-4H3;5-6,8-11H,1-4H3;/q2*-1;. The molecule has 0 N–H and O–H groups in total. The van der Waals surface area contributed by atoms with E-state index < -0.39 is 8.07 Å². The van der Waals surface area contributed by atoms with E-state index in [0.717, 1.165) is 44.6 Å². The van der Waals surface area contributed by atoms with Gasteiger partial charge < -0.3 is 14.4 Å². The van der Waals surface area contributed by atoms with Crippen LogP contribution in [0.5, 0.6) is 0 Å². The van der Waals surface area contributed by atoms with Gasteiger partial charge >= 0.3 is 0 Å². The van der Waals surface area contributed by atoms with Crippen molar-refractivity contribution in [3.63, 3.8) is 0 Å². The van der Waals surface area contributed by atoms with Gasteiger partial charge in [0.05, 0.1) is 13.7 Å². The molecule has 0 unspecified atom stereocenters. The molecule has 5 heteroatoms. The normalized spacial score (nSPS) is 11.6. The van der Waals surface area contributed by atoms with Crippen molar-refractivity contribution < 1.29 is 24.5 Å². The SMILES string of the molecule is Cc1ccc(-c2[c-]c([Si](C)(C)C)cc3c2oc2ccccc23)nc1.Cc1ccc(-c2[c-]cc(C(C)(C)C)cc2)nc1.[Ir]. The number of benzene rings is 3. The largest absolute Gasteiger partial charge is 0.501 e. The Bertz CT molecular complexity index is 1790. The van der Waals surface area contributed by atoms with Gasteiger partial charge in [0, 0.05) is 37.9 Å². The average molecular weight is 747 g/mol. The van der Waals surface area contributed by atoms with Crippen LogP contribution in [-0.2, 0) is 25.5 Å². The third kappa shape index (κ3) is 6.98. The van der Waals surface area contributed by atoms with Crippen molar-refractivity contribution in [3.8, 4) is 22.5 Å². The van der Waals surface area contributed by atoms with Crippen LogP contribution in [0.2, 0.25) is 19.6 Å². The first kappa shape index (κ1) is 31.6. The van der Waals surface area contributed by atoms with Gasteiger partial charge in [-0.2, -0.15) is 0 Å². The average Bonchev–Trinajstić information content (AvgIpc) is 3.32. The summed E-state index contributed by atoms with van der Waals surface area (Å²) in [6, 6.07) is 32.0. The monoisotopic (exact) mass is 747 g/mol. The van der Waals surface area contributed by atoms with Crippen LogP contribution in [0.4, 0.5) is 0 Å². The maximum atomic E-state index is 6.18. The maximum absolute atomic E-state index is 6.18. The Morgan fingerprint density at radius 3 is 1.95 bits per heavy atom. The molecule has 3 aromatic carbocycles. The van der Waals surface area contributed by atoms with Gasteiger partial charge in [0.1, 0.15) is 5.58 Å². The number of rotatable bonds is 3. The fraction of sp³-hybridized carbons (Fsp3) is 0.243. The van der Waals surface area contributed by atoms with E-state index in [4.69, 9.17) is 4.42 Å². The molecule has 0 saturated heterocycles. The van der Waals surface area contributed by atoms with Crippen molar-refractivity contribution in [2.24, 2.45) is 0 Å². The van der Waals surface area contributed by atoms with E-state index in [1.807, 2.05) is 37.5 Å². The van der Waals surface area contributed by atoms with Crippen LogP contribution >= 0.6 is 0 Å². The fourth-order valence-electron chi connectivity index (χ4n) is 4.64. The number of aryl methyl sites for hydroxylation is 2. The summed E-state index contributed by atoms with van der Waals surface area (Å²) >= 11 is 0. The number of hydrogen-bond acceptors (Lipinski definition) is 3. The Morgan fingerprint density at radius 1 is 0.762 bits per heavy atom. The molecule has 3 aromatic heterocycles. The van der Waals surface area contributed by atoms with Gasteiger partial charge in [0.25, 0.3) is 0 Å². The summed E-state index contributed by atoms with van der Waals surface area (Å²) in [4.78, 5) is 9.03. The molecule has 217 valence electrons. The first-order chi connectivity index (χ1) is 19.4. The number of hydrogen-bond donors (Lipinski definition) is 0. The Hall–Kier alpha value is -3.37. The van der Waals surface area contributed by atoms with E-state index in [2.05, 4.69) is 124 Å². The molecule has 3 heterocycles. The summed E-state index contributed by atoms with van der Waals surface area (Å²) in [5.41, 5.74) is 9.54. The zero-order chi connectivity index (χ0) is 29.4. The zero-order valence-corrected chi connectivity index (χ0v) is 29.1. The van der Waals surface area contributed by atoms with Crippen LogP contribution in [0, 0.1) is 26.0 Å². The summed E-state index contributed by atoms with van der Waals surface area (Å²) in [5, 5.41) is 3.63. The van der Waals surface area contributed by atoms with E-state index in [0.29, 0.717) is 0 Å². The second-order valence-electron chi connectivity index (χ2n) is 12.8. The molecule has 0 spiro atoms. The zero-order valence-electron chi connectivity index (χ0n) is 25.7. The third-order valence-electron chi connectivity index (χ3n) is 7.25. The number of furan rings is 1. The van der Waals surface area contributed by atoms with E-state index in [1.54, 1.807) is 0 Å². The third-order valence-corrected chi connectivity index (χ3v) is 9.14. The number of para-hydroxylation sites is 1. The van der Waals surface area contributed by atoms with Crippen LogP contribution < -0.4 is 5.19 Å². The van der Waals surface area contributed by atoms with Gasteiger partial charge in [-0.1, -0.05) is 93.8 Å². The van der Waals surface area contributed by atoms with Gasteiger partial charge in [0.2, 0.25) is 0 Å². The van der Waals surface area contributed by atoms with Crippen LogP contribution in [0.1, 0.15) is 37.5 Å². The second-order valence-corrected chi connectivity index (χ2v) is 17.9. The fourth-order valence-corrected chi connectivity index (χ4v) is 5.72. The minimum Gasteiger partial charge on any atom is -0.501 e. The van der Waals surface area contributed by atoms with Gasteiger partial charge in [0.15, 0.2) is 0 Å². The Morgan fingerprint density at radius 2 is 1.40 bits per heavy atom. The van der Waals surface area contributed by atoms with Crippen LogP contribution in [-0.4, -0.2) is 18.0 Å². The van der Waals surface area contributed by atoms with Crippen molar-refractivity contribution in [1.82, 2.24) is 9.97 Å². The minimum absolute atomic E-state index is 0. The Labute approximate surface area is 264 Å². The molecule has 0 bridgehead atoms. The van der Waals surface area contributed by atoms with E-state index >= 15 is 0 Å². The van der Waals surface area contributed by atoms with Gasteiger partial charge in [-0.25, -0.2) is 0 Å². The molecule has 0 saturated carbocycles. The summed E-state index contributed by atoms with van der Waals surface area (Å²) in [7, 11) is -1.51. The molecular formula is C37H38IrN2OSi-2. The first-order valence-electron chi connectivity index (χ1n) is 14.2. The molecular weight excluding hydrogens is 709 g/mol. The Balaban J connectivity index is 0.000000200. The second kappa shape index (κ2) is 12.5. The van der Waals surface area contributed by atoms with Crippen LogP contribution in [0.3, 0.4) is 0 Å². The molecule has 1 radical (unpaired) electrons. The summed E-state index contributed by atoms with van der Waals surface area (Å²) in [6.45, 7) is 17.8. The number of pyridine rings is 2. The maximum Gasteiger partial charge on any atom is 0.120 e. The van der Waals surface area contributed by atoms with E-state index in [9.17, 15) is 0 Å². The molecule has 0 aliphatic carbocycles. The van der Waals surface area contributed by atoms with Gasteiger partial charge in [-0.05, 0) is 47.8 Å². The smallest absolute Gasteiger partial charge is 0.120 e. The molecule has 42 heavy (non-hydrogen) atoms. The van der Waals surface area contributed by atoms with Gasteiger partial charge in [-0.15, -0.1) is 52.7 Å². The molecule has 6 aromatic rings. The molecule has 0 aliphatic heterocycles. The molecule has 0 atom stereocenters. The molecule has 3 nitrogen and oxygen atoms in total. The van der Waals surface area contributed by atoms with Gasteiger partial charge in [-0.3, -0.25) is 0 Å². The summed E-state index contributed by atoms with van der Waals surface area (Å²) < 4.78 is 6.18. The van der Waals surface area contributed by atoms with Crippen molar-refractivity contribution in [1.29, 1.82) is 0 Å². The van der Waals surface area contributed by atoms with E-state index in [-0.39, 0.29) is 25.5 Å². The van der Waals surface area contributed by atoms with Crippen molar-refractivity contribution in [3.05, 3.63) is 114 Å². The van der Waals surface area contributed by atoms with Crippen molar-refractivity contribution >= 4 is 35.2 Å². The van der Waals surface area contributed by atoms with E-state index in [1.165, 1.54) is 21.7 Å². The Kier molecular flexibility index (Phi) is 9.37. The quantitative estimate of drug-likeness (QED) is 0.134. The van der Waals surface area contributed by atoms with Crippen molar-refractivity contribution in [2.75, 3.05) is 0 Å². The molecule has 0 amide bonds. The first-order valence-corrected chi connectivity index (χ1v) is 17.7. The predicted octanol–water partition coefficient (Wildman–Crippen LogP) is 9.45. The summed E-state index contributed by atoms with van der Waals surface area (Å²) in [6.07, 6.45) is 3.79. The number of aromatic nitrogens is 2. The molecule has 0 fully saturated rings. The number of nitrogens with zero attached hydrogens (tertiary/aromatic N) is 2. The van der Waals surface area contributed by atoms with Crippen LogP contribution in [0.25, 0.3) is 44.5 Å². The molecule has 0 aliphatic rings. The number of fused-ring (bicyclic) bond motifs is 3. The topological polar surface area (TPSA) is 38.9 Å². The molecule has 6 rings (SSSR count).